The Kier molecular flexibility index (Phi) is 5.64. The van der Waals surface area contributed by atoms with Crippen LogP contribution in [-0.2, 0) is 9.59 Å². The Morgan fingerprint density at radius 3 is 2.71 bits per heavy atom. The number of β-amino-alcohol motifs (C(OH)–C–C–N with tert-alkyl or cyclic N) is 1. The van der Waals surface area contributed by atoms with Crippen LogP contribution >= 0.6 is 0 Å². The molecule has 28 heavy (non-hydrogen) atoms. The summed E-state index contributed by atoms with van der Waals surface area (Å²) in [4.78, 5) is 41.8. The Bertz CT molecular complexity index is 786. The number of carbonyl (C=O) groups excluding carboxylic acids is 2. The number of amides is 3. The van der Waals surface area contributed by atoms with Crippen LogP contribution < -0.4 is 15.4 Å². The quantitative estimate of drug-likeness (QED) is 0.447. The predicted molar refractivity (Wildman–Crippen MR) is 96.6 cm³/mol. The topological polar surface area (TPSA) is 144 Å². The van der Waals surface area contributed by atoms with Crippen molar-refractivity contribution in [2.24, 2.45) is 4.99 Å². The van der Waals surface area contributed by atoms with Crippen LogP contribution in [0.4, 0.5) is 4.79 Å². The fraction of sp³-hybridized carbons (Fsp3) is 0.412. The summed E-state index contributed by atoms with van der Waals surface area (Å²) in [6.07, 6.45) is -1.72. The average molecular weight is 391 g/mol. The summed E-state index contributed by atoms with van der Waals surface area (Å²) >= 11 is 0. The van der Waals surface area contributed by atoms with Crippen LogP contribution in [0, 0.1) is 0 Å². The molecule has 0 bridgehead atoms. The van der Waals surface area contributed by atoms with E-state index < -0.39 is 42.8 Å². The number of aliphatic carboxylic acids is 1. The smallest absolute Gasteiger partial charge is 0.325 e. The number of carboxylic acids is 1. The lowest BCUT2D eigenvalue weighted by Gasteiger charge is -2.35. The van der Waals surface area contributed by atoms with Gasteiger partial charge in [-0.2, -0.15) is 0 Å². The Hall–Kier alpha value is -3.34. The molecule has 11 nitrogen and oxygen atoms in total. The highest BCUT2D eigenvalue weighted by Gasteiger charge is 2.50. The van der Waals surface area contributed by atoms with E-state index in [0.29, 0.717) is 5.75 Å². The van der Waals surface area contributed by atoms with Gasteiger partial charge in [0.15, 0.2) is 12.0 Å². The van der Waals surface area contributed by atoms with Crippen molar-refractivity contribution in [3.8, 4) is 5.75 Å². The second-order valence-corrected chi connectivity index (χ2v) is 6.40. The molecule has 150 valence electrons. The number of rotatable bonds is 7. The van der Waals surface area contributed by atoms with E-state index in [4.69, 9.17) is 9.84 Å². The number of likely N-dealkylation sites (N-methyl/N-ethyl adjacent to an activating group) is 1. The first-order valence-electron chi connectivity index (χ1n) is 8.60. The number of guanidine groups is 1. The summed E-state index contributed by atoms with van der Waals surface area (Å²) in [5, 5.41) is 24.4. The van der Waals surface area contributed by atoms with Gasteiger partial charge in [-0.3, -0.25) is 14.9 Å². The molecule has 2 aliphatic heterocycles. The average Bonchev–Trinajstić information content (AvgIpc) is 3.02. The van der Waals surface area contributed by atoms with Crippen molar-refractivity contribution in [3.05, 3.63) is 30.3 Å². The van der Waals surface area contributed by atoms with Crippen molar-refractivity contribution >= 4 is 23.9 Å². The van der Waals surface area contributed by atoms with Crippen LogP contribution in [0.5, 0.6) is 5.75 Å². The second kappa shape index (κ2) is 8.13. The third-order valence-electron chi connectivity index (χ3n) is 4.38. The van der Waals surface area contributed by atoms with Crippen LogP contribution in [-0.4, -0.2) is 88.9 Å². The van der Waals surface area contributed by atoms with Crippen molar-refractivity contribution in [3.63, 3.8) is 0 Å². The number of fused-ring (bicyclic) bond motifs is 1. The molecule has 4 N–H and O–H groups in total. The van der Waals surface area contributed by atoms with Gasteiger partial charge in [0.05, 0.1) is 6.54 Å². The lowest BCUT2D eigenvalue weighted by molar-refractivity contribution is -0.135. The number of hydrogen-bond donors (Lipinski definition) is 4. The van der Waals surface area contributed by atoms with Gasteiger partial charge in [0.2, 0.25) is 0 Å². The molecule has 0 spiro atoms. The molecule has 2 heterocycles. The number of para-hydroxylation sites is 1. The number of aliphatic hydroxyl groups is 1. The lowest BCUT2D eigenvalue weighted by atomic mass is 10.1. The first-order chi connectivity index (χ1) is 13.4. The minimum Gasteiger partial charge on any atom is -0.491 e. The first-order valence-corrected chi connectivity index (χ1v) is 8.60. The van der Waals surface area contributed by atoms with Crippen LogP contribution in [0.15, 0.2) is 35.3 Å². The number of benzene rings is 1. The van der Waals surface area contributed by atoms with Crippen LogP contribution in [0.2, 0.25) is 0 Å². The van der Waals surface area contributed by atoms with Gasteiger partial charge in [-0.15, -0.1) is 0 Å². The molecule has 3 rings (SSSR count). The molecule has 3 atom stereocenters. The lowest BCUT2D eigenvalue weighted by Crippen LogP contribution is -2.65. The molecule has 11 heteroatoms. The number of hydrogen-bond acceptors (Lipinski definition) is 6. The van der Waals surface area contributed by atoms with Crippen molar-refractivity contribution in [2.45, 2.75) is 18.3 Å². The summed E-state index contributed by atoms with van der Waals surface area (Å²) < 4.78 is 5.52. The van der Waals surface area contributed by atoms with Gasteiger partial charge in [0, 0.05) is 7.05 Å². The zero-order valence-corrected chi connectivity index (χ0v) is 15.1. The minimum absolute atomic E-state index is 0.0412. The van der Waals surface area contributed by atoms with Gasteiger partial charge in [-0.05, 0) is 12.1 Å². The molecular formula is C17H21N5O6. The van der Waals surface area contributed by atoms with Crippen molar-refractivity contribution in [2.75, 3.05) is 26.7 Å². The maximum absolute atomic E-state index is 12.4. The van der Waals surface area contributed by atoms with Crippen molar-refractivity contribution in [1.29, 1.82) is 0 Å². The maximum Gasteiger partial charge on any atom is 0.325 e. The third kappa shape index (κ3) is 4.14. The molecule has 2 fully saturated rings. The molecule has 0 saturated carbocycles. The van der Waals surface area contributed by atoms with E-state index in [1.165, 1.54) is 16.8 Å². The van der Waals surface area contributed by atoms with Gasteiger partial charge in [0.1, 0.15) is 31.2 Å². The third-order valence-corrected chi connectivity index (χ3v) is 4.38. The van der Waals surface area contributed by atoms with Crippen molar-refractivity contribution < 1.29 is 29.3 Å². The standard InChI is InChI=1S/C17H21N5O6/c1-21-14-13(15(26)20-17(21)27)22(16(19-14)18-7-12(24)25)8-10(23)9-28-11-5-3-2-4-6-11/h2-6,10,13-14,23H,7-9H2,1H3,(H,18,19)(H,24,25)(H,20,26,27). The van der Waals surface area contributed by atoms with Crippen LogP contribution in [0.3, 0.4) is 0 Å². The molecular weight excluding hydrogens is 370 g/mol. The fourth-order valence-electron chi connectivity index (χ4n) is 3.05. The van der Waals surface area contributed by atoms with E-state index in [1.807, 2.05) is 6.07 Å². The second-order valence-electron chi connectivity index (χ2n) is 6.40. The molecule has 0 radical (unpaired) electrons. The highest BCUT2D eigenvalue weighted by atomic mass is 16.5. The summed E-state index contributed by atoms with van der Waals surface area (Å²) in [6, 6.07) is 7.49. The number of carboxylic acid groups (broad SMARTS) is 1. The largest absolute Gasteiger partial charge is 0.491 e. The molecule has 0 aromatic heterocycles. The highest BCUT2D eigenvalue weighted by Crippen LogP contribution is 2.21. The molecule has 0 aliphatic carbocycles. The fourth-order valence-corrected chi connectivity index (χ4v) is 3.05. The Morgan fingerprint density at radius 1 is 1.32 bits per heavy atom. The number of aliphatic hydroxyl groups excluding tert-OH is 1. The zero-order chi connectivity index (χ0) is 20.3. The normalized spacial score (nSPS) is 23.9. The molecule has 1 aromatic rings. The number of ether oxygens (including phenoxy) is 1. The van der Waals surface area contributed by atoms with Gasteiger partial charge in [0.25, 0.3) is 5.91 Å². The van der Waals surface area contributed by atoms with Gasteiger partial charge in [-0.25, -0.2) is 9.79 Å². The van der Waals surface area contributed by atoms with E-state index in [1.54, 1.807) is 24.3 Å². The van der Waals surface area contributed by atoms with E-state index in [0.717, 1.165) is 0 Å². The minimum atomic E-state index is -1.15. The van der Waals surface area contributed by atoms with Crippen molar-refractivity contribution in [1.82, 2.24) is 20.4 Å². The number of carbonyl (C=O) groups is 3. The zero-order valence-electron chi connectivity index (χ0n) is 15.1. The van der Waals surface area contributed by atoms with Gasteiger partial charge < -0.3 is 30.1 Å². The van der Waals surface area contributed by atoms with Gasteiger partial charge >= 0.3 is 12.0 Å². The Balaban J connectivity index is 1.74. The van der Waals surface area contributed by atoms with Gasteiger partial charge in [-0.1, -0.05) is 18.2 Å². The van der Waals surface area contributed by atoms with E-state index in [-0.39, 0.29) is 19.1 Å². The van der Waals surface area contributed by atoms with E-state index >= 15 is 0 Å². The number of urea groups is 1. The molecule has 2 saturated heterocycles. The van der Waals surface area contributed by atoms with E-state index in [2.05, 4.69) is 15.6 Å². The summed E-state index contributed by atoms with van der Waals surface area (Å²) in [7, 11) is 1.50. The highest BCUT2D eigenvalue weighted by molar-refractivity contribution is 6.04. The molecule has 3 unspecified atom stereocenters. The number of nitrogens with one attached hydrogen (secondary N) is 2. The number of imide groups is 1. The molecule has 1 aromatic carbocycles. The SMILES string of the molecule is CN1C(=O)NC(=O)C2C1NC(=NCC(=O)O)N2CC(O)COc1ccccc1. The number of nitrogens with zero attached hydrogens (tertiary/aromatic N) is 3. The Labute approximate surface area is 160 Å². The first kappa shape index (κ1) is 19.4. The predicted octanol–water partition coefficient (Wildman–Crippen LogP) is -1.35. The van der Waals surface area contributed by atoms with Crippen LogP contribution in [0.25, 0.3) is 0 Å². The monoisotopic (exact) mass is 391 g/mol. The summed E-state index contributed by atoms with van der Waals surface area (Å²) in [5.41, 5.74) is 0. The summed E-state index contributed by atoms with van der Waals surface area (Å²) in [5.74, 6) is -1.00. The van der Waals surface area contributed by atoms with E-state index in [9.17, 15) is 19.5 Å². The van der Waals surface area contributed by atoms with Crippen LogP contribution in [0.1, 0.15) is 0 Å². The molecule has 3 amide bonds. The summed E-state index contributed by atoms with van der Waals surface area (Å²) in [6.45, 7) is -0.608. The maximum atomic E-state index is 12.4. The molecule has 2 aliphatic rings. The Morgan fingerprint density at radius 2 is 2.04 bits per heavy atom. The number of aliphatic imine (C=N–C) groups is 1.